The van der Waals surface area contributed by atoms with E-state index in [-0.39, 0.29) is 74.2 Å². The van der Waals surface area contributed by atoms with Crippen LogP contribution in [0.25, 0.3) is 22.8 Å². The number of ether oxygens (including phenoxy) is 3. The molecule has 0 radical (unpaired) electrons. The lowest BCUT2D eigenvalue weighted by molar-refractivity contribution is -0.121. The third-order valence-corrected chi connectivity index (χ3v) is 11.7. The first-order valence-electron chi connectivity index (χ1n) is 23.3. The molecule has 0 saturated heterocycles. The highest BCUT2D eigenvalue weighted by molar-refractivity contribution is 6.35. The Kier molecular flexibility index (Phi) is 18.0. The summed E-state index contributed by atoms with van der Waals surface area (Å²) < 4.78 is 31.0. The van der Waals surface area contributed by atoms with Crippen LogP contribution in [0.2, 0.25) is 0 Å². The van der Waals surface area contributed by atoms with Crippen LogP contribution in [0.4, 0.5) is 20.6 Å². The van der Waals surface area contributed by atoms with Crippen LogP contribution in [0, 0.1) is 19.7 Å². The fourth-order valence-electron chi connectivity index (χ4n) is 8.39. The first kappa shape index (κ1) is 50.6. The van der Waals surface area contributed by atoms with E-state index in [0.717, 1.165) is 29.5 Å². The molecule has 1 unspecified atom stereocenters. The number of aromatic nitrogens is 1. The maximum atomic E-state index is 14.1. The number of carbonyl (C=O) groups is 6. The van der Waals surface area contributed by atoms with Crippen LogP contribution < -0.4 is 26.6 Å². The molecule has 6 N–H and O–H groups in total. The zero-order valence-electron chi connectivity index (χ0n) is 39.5. The number of H-pyrrole nitrogens is 1. The molecule has 0 saturated carbocycles. The van der Waals surface area contributed by atoms with Crippen LogP contribution in [0.3, 0.4) is 0 Å². The van der Waals surface area contributed by atoms with Crippen LogP contribution in [0.1, 0.15) is 113 Å². The maximum absolute atomic E-state index is 14.1. The molecule has 1 aliphatic heterocycles. The van der Waals surface area contributed by atoms with Gasteiger partial charge in [-0.2, -0.15) is 0 Å². The highest BCUT2D eigenvalue weighted by atomic mass is 19.1. The van der Waals surface area contributed by atoms with Crippen molar-refractivity contribution in [2.24, 2.45) is 0 Å². The summed E-state index contributed by atoms with van der Waals surface area (Å²) in [5, 5.41) is 14.3. The number of hydrogen-bond donors (Lipinski definition) is 6. The van der Waals surface area contributed by atoms with Crippen molar-refractivity contribution >= 4 is 58.7 Å². The second kappa shape index (κ2) is 24.3. The van der Waals surface area contributed by atoms with Crippen molar-refractivity contribution in [1.29, 1.82) is 0 Å². The van der Waals surface area contributed by atoms with E-state index in [9.17, 15) is 33.2 Å². The normalized spacial score (nSPS) is 13.9. The minimum atomic E-state index is -0.603. The van der Waals surface area contributed by atoms with Crippen molar-refractivity contribution in [3.63, 3.8) is 0 Å². The summed E-state index contributed by atoms with van der Waals surface area (Å²) in [5.74, 6) is -2.41. The Morgan fingerprint density at radius 1 is 0.794 bits per heavy atom. The Labute approximate surface area is 396 Å². The molecule has 3 aromatic carbocycles. The van der Waals surface area contributed by atoms with E-state index in [0.29, 0.717) is 96.5 Å². The molecule has 0 spiro atoms. The molecule has 6 rings (SSSR count). The van der Waals surface area contributed by atoms with E-state index in [4.69, 9.17) is 14.2 Å². The van der Waals surface area contributed by atoms with Gasteiger partial charge in [-0.1, -0.05) is 32.0 Å². The molecule has 16 nitrogen and oxygen atoms in total. The number of hydrogen-bond acceptors (Lipinski definition) is 9. The van der Waals surface area contributed by atoms with Gasteiger partial charge in [0.1, 0.15) is 12.4 Å². The Balaban J connectivity index is 1.10. The van der Waals surface area contributed by atoms with Gasteiger partial charge in [-0.25, -0.2) is 9.18 Å². The molecule has 1 aromatic heterocycles. The van der Waals surface area contributed by atoms with E-state index in [2.05, 4.69) is 31.6 Å². The van der Waals surface area contributed by atoms with Crippen molar-refractivity contribution in [3.05, 3.63) is 105 Å². The Hall–Kier alpha value is -6.85. The van der Waals surface area contributed by atoms with Gasteiger partial charge in [0.05, 0.1) is 24.4 Å². The summed E-state index contributed by atoms with van der Waals surface area (Å²) in [4.78, 5) is 83.6. The maximum Gasteiger partial charge on any atom is 0.409 e. The van der Waals surface area contributed by atoms with Crippen LogP contribution in [-0.2, 0) is 28.6 Å². The van der Waals surface area contributed by atoms with Crippen LogP contribution in [0.15, 0.2) is 54.6 Å². The molecule has 1 atom stereocenters. The summed E-state index contributed by atoms with van der Waals surface area (Å²) in [6.07, 6.45) is 3.44. The minimum Gasteiger partial charge on any atom is -0.448 e. The van der Waals surface area contributed by atoms with Crippen molar-refractivity contribution in [2.45, 2.75) is 72.6 Å². The largest absolute Gasteiger partial charge is 0.448 e. The summed E-state index contributed by atoms with van der Waals surface area (Å²) in [7, 11) is 0. The predicted molar refractivity (Wildman–Crippen MR) is 258 cm³/mol. The smallest absolute Gasteiger partial charge is 0.409 e. The third kappa shape index (κ3) is 12.6. The summed E-state index contributed by atoms with van der Waals surface area (Å²) in [6.45, 7) is 12.5. The number of halogens is 1. The molecule has 362 valence electrons. The number of amides is 6. The van der Waals surface area contributed by atoms with E-state index in [1.54, 1.807) is 45.0 Å². The minimum absolute atomic E-state index is 0.0806. The molecular weight excluding hydrogens is 874 g/mol. The van der Waals surface area contributed by atoms with Gasteiger partial charge in [-0.3, -0.25) is 24.0 Å². The molecule has 0 fully saturated rings. The third-order valence-electron chi connectivity index (χ3n) is 11.7. The number of benzene rings is 3. The Morgan fingerprint density at radius 3 is 2.25 bits per heavy atom. The number of aryl methyl sites for hydroxylation is 1. The molecule has 0 bridgehead atoms. The lowest BCUT2D eigenvalue weighted by Crippen LogP contribution is -2.39. The average molecular weight is 936 g/mol. The molecule has 17 heteroatoms. The molecular formula is C51H62FN7O9. The van der Waals surface area contributed by atoms with E-state index < -0.39 is 17.8 Å². The van der Waals surface area contributed by atoms with Crippen LogP contribution >= 0.6 is 0 Å². The van der Waals surface area contributed by atoms with Crippen molar-refractivity contribution < 1.29 is 47.4 Å². The first-order chi connectivity index (χ1) is 32.8. The highest BCUT2D eigenvalue weighted by Crippen LogP contribution is 2.47. The SMILES string of the molecule is CCCOCCNC(=O)CCCC(=O)Nc1ccc2c(c1)C(COC(=O)N(CC)CCNC(=O)c1c(C)[nH]c(/C=C3\C(=O)Nc4ccc(F)cc43)c1C)c1cccc(C(=O)NCCOCCC)c1-2. The van der Waals surface area contributed by atoms with Gasteiger partial charge in [0.15, 0.2) is 0 Å². The zero-order chi connectivity index (χ0) is 48.7. The van der Waals surface area contributed by atoms with Gasteiger partial charge in [0.2, 0.25) is 11.8 Å². The van der Waals surface area contributed by atoms with Gasteiger partial charge in [0.25, 0.3) is 17.7 Å². The topological polar surface area (TPSA) is 209 Å². The predicted octanol–water partition coefficient (Wildman–Crippen LogP) is 7.07. The number of nitrogens with zero attached hydrogens (tertiary/aromatic N) is 1. The number of rotatable bonds is 24. The Morgan fingerprint density at radius 2 is 1.51 bits per heavy atom. The second-order valence-electron chi connectivity index (χ2n) is 16.6. The van der Waals surface area contributed by atoms with E-state index in [1.165, 1.54) is 23.1 Å². The zero-order valence-corrected chi connectivity index (χ0v) is 39.5. The van der Waals surface area contributed by atoms with Crippen LogP contribution in [-0.4, -0.2) is 111 Å². The molecule has 2 aliphatic rings. The highest BCUT2D eigenvalue weighted by Gasteiger charge is 2.34. The Bertz CT molecular complexity index is 2540. The van der Waals surface area contributed by atoms with E-state index in [1.807, 2.05) is 32.0 Å². The van der Waals surface area contributed by atoms with Crippen LogP contribution in [0.5, 0.6) is 0 Å². The lowest BCUT2D eigenvalue weighted by Gasteiger charge is -2.22. The number of carbonyl (C=O) groups excluding carboxylic acids is 6. The molecule has 4 aromatic rings. The van der Waals surface area contributed by atoms with Crippen molar-refractivity contribution in [2.75, 3.05) is 76.4 Å². The van der Waals surface area contributed by atoms with E-state index >= 15 is 0 Å². The second-order valence-corrected chi connectivity index (χ2v) is 16.6. The summed E-state index contributed by atoms with van der Waals surface area (Å²) in [5.41, 5.74) is 7.27. The summed E-state index contributed by atoms with van der Waals surface area (Å²) >= 11 is 0. The number of anilines is 2. The van der Waals surface area contributed by atoms with Crippen molar-refractivity contribution in [3.8, 4) is 11.1 Å². The average Bonchev–Trinajstić information content (AvgIpc) is 3.91. The summed E-state index contributed by atoms with van der Waals surface area (Å²) in [6, 6.07) is 14.9. The standard InChI is InChI=1S/C51H62FN7O9/c1-6-23-66-25-20-53-44(60)13-10-14-45(61)57-34-16-17-36-38(28-34)41(35-11-9-12-37(47(35)36)48(62)55-21-26-67-24-7-2)30-68-51(65)59(8-3)22-19-54-50(64)46-31(4)43(56-32(46)5)29-40-39-27-33(52)15-18-42(39)58-49(40)63/h9,11-12,15-18,27-29,41,56H,6-8,10,13-14,19-26,30H2,1-5H3,(H,53,60)(H,54,64)(H,55,62)(H,57,61)(H,58,63)/b40-29-. The first-order valence-corrected chi connectivity index (χ1v) is 23.3. The monoisotopic (exact) mass is 935 g/mol. The quantitative estimate of drug-likeness (QED) is 0.0313. The number of fused-ring (bicyclic) bond motifs is 4. The fourth-order valence-corrected chi connectivity index (χ4v) is 8.39. The number of likely N-dealkylation sites (N-methyl/N-ethyl adjacent to an activating group) is 1. The molecule has 6 amide bonds. The van der Waals surface area contributed by atoms with Gasteiger partial charge in [-0.15, -0.1) is 0 Å². The van der Waals surface area contributed by atoms with Gasteiger partial charge in [-0.05, 0) is 110 Å². The fraction of sp³-hybridized carbons (Fsp3) is 0.412. The number of nitrogens with one attached hydrogen (secondary N) is 6. The van der Waals surface area contributed by atoms with Crippen molar-refractivity contribution in [1.82, 2.24) is 25.8 Å². The molecule has 68 heavy (non-hydrogen) atoms. The number of aromatic amines is 1. The van der Waals surface area contributed by atoms with Gasteiger partial charge < -0.3 is 50.7 Å². The lowest BCUT2D eigenvalue weighted by atomic mass is 9.96. The van der Waals surface area contributed by atoms with Gasteiger partial charge >= 0.3 is 6.09 Å². The molecule has 2 heterocycles. The van der Waals surface area contributed by atoms with Gasteiger partial charge in [0, 0.05) is 98.6 Å². The molecule has 1 aliphatic carbocycles.